The molecule has 1 amide bonds. The number of benzene rings is 1. The minimum Gasteiger partial charge on any atom is -0.490 e. The first-order chi connectivity index (χ1) is 10.3. The fraction of sp³-hybridized carbons (Fsp3) is 0.588. The topological polar surface area (TPSA) is 49.8 Å². The second-order valence-electron chi connectivity index (χ2n) is 6.64. The molecular formula is C17H24ClNO3. The average Bonchev–Trinajstić information content (AvgIpc) is 2.91. The van der Waals surface area contributed by atoms with Crippen LogP contribution in [0.1, 0.15) is 49.9 Å². The van der Waals surface area contributed by atoms with Gasteiger partial charge in [-0.3, -0.25) is 4.79 Å². The van der Waals surface area contributed by atoms with Gasteiger partial charge in [-0.25, -0.2) is 0 Å². The number of aliphatic hydroxyl groups is 1. The molecule has 1 N–H and O–H groups in total. The molecule has 1 saturated carbocycles. The average molecular weight is 326 g/mol. The zero-order chi connectivity index (χ0) is 16.3. The predicted molar refractivity (Wildman–Crippen MR) is 87.6 cm³/mol. The molecule has 0 atom stereocenters. The maximum absolute atomic E-state index is 12.6. The summed E-state index contributed by atoms with van der Waals surface area (Å²) in [6, 6.07) is 5.12. The number of hydrogen-bond acceptors (Lipinski definition) is 3. The number of hydrogen-bond donors (Lipinski definition) is 1. The van der Waals surface area contributed by atoms with E-state index in [1.54, 1.807) is 39.1 Å². The van der Waals surface area contributed by atoms with Crippen LogP contribution in [-0.4, -0.2) is 41.2 Å². The van der Waals surface area contributed by atoms with Gasteiger partial charge in [-0.2, -0.15) is 0 Å². The number of rotatable bonds is 5. The summed E-state index contributed by atoms with van der Waals surface area (Å²) in [7, 11) is 1.67. The largest absolute Gasteiger partial charge is 0.490 e. The number of carbonyl (C=O) groups excluding carboxylic acids is 1. The third-order valence-corrected chi connectivity index (χ3v) is 3.97. The van der Waals surface area contributed by atoms with Gasteiger partial charge >= 0.3 is 0 Å². The lowest BCUT2D eigenvalue weighted by molar-refractivity contribution is 0.0364. The molecule has 122 valence electrons. The Hall–Kier alpha value is -1.26. The summed E-state index contributed by atoms with van der Waals surface area (Å²) in [6.45, 7) is 3.58. The SMILES string of the molecule is CN(CC(C)(C)O)C(=O)c1cc(Cl)ccc1OC1CCCC1. The third-order valence-electron chi connectivity index (χ3n) is 3.74. The van der Waals surface area contributed by atoms with Crippen molar-refractivity contribution in [1.29, 1.82) is 0 Å². The number of carbonyl (C=O) groups is 1. The Bertz CT molecular complexity index is 533. The van der Waals surface area contributed by atoms with Crippen molar-refractivity contribution in [2.24, 2.45) is 0 Å². The van der Waals surface area contributed by atoms with Gasteiger partial charge in [0.15, 0.2) is 0 Å². The van der Waals surface area contributed by atoms with Crippen LogP contribution in [0.15, 0.2) is 18.2 Å². The number of likely N-dealkylation sites (N-methyl/N-ethyl adjacent to an activating group) is 1. The van der Waals surface area contributed by atoms with Crippen molar-refractivity contribution in [3.63, 3.8) is 0 Å². The van der Waals surface area contributed by atoms with Crippen molar-refractivity contribution >= 4 is 17.5 Å². The lowest BCUT2D eigenvalue weighted by Gasteiger charge is -2.26. The van der Waals surface area contributed by atoms with Crippen LogP contribution in [0.2, 0.25) is 5.02 Å². The molecule has 0 bridgehead atoms. The van der Waals surface area contributed by atoms with Crippen LogP contribution >= 0.6 is 11.6 Å². The summed E-state index contributed by atoms with van der Waals surface area (Å²) in [6.07, 6.45) is 4.55. The van der Waals surface area contributed by atoms with Gasteiger partial charge in [-0.1, -0.05) is 11.6 Å². The van der Waals surface area contributed by atoms with Gasteiger partial charge in [-0.15, -0.1) is 0 Å². The monoisotopic (exact) mass is 325 g/mol. The van der Waals surface area contributed by atoms with Crippen LogP contribution in [0.3, 0.4) is 0 Å². The highest BCUT2D eigenvalue weighted by molar-refractivity contribution is 6.31. The summed E-state index contributed by atoms with van der Waals surface area (Å²) >= 11 is 6.04. The van der Waals surface area contributed by atoms with Crippen LogP contribution in [0.5, 0.6) is 5.75 Å². The molecule has 5 heteroatoms. The lowest BCUT2D eigenvalue weighted by Crippen LogP contribution is -2.39. The highest BCUT2D eigenvalue weighted by Crippen LogP contribution is 2.29. The Kier molecular flexibility index (Phi) is 5.35. The quantitative estimate of drug-likeness (QED) is 0.901. The molecule has 1 aromatic rings. The van der Waals surface area contributed by atoms with Crippen LogP contribution in [0, 0.1) is 0 Å². The minimum atomic E-state index is -0.949. The zero-order valence-electron chi connectivity index (χ0n) is 13.4. The van der Waals surface area contributed by atoms with E-state index >= 15 is 0 Å². The minimum absolute atomic E-state index is 0.173. The Balaban J connectivity index is 2.20. The first-order valence-corrected chi connectivity index (χ1v) is 8.08. The van der Waals surface area contributed by atoms with E-state index in [1.165, 1.54) is 17.7 Å². The second kappa shape index (κ2) is 6.88. The summed E-state index contributed by atoms with van der Waals surface area (Å²) in [4.78, 5) is 14.1. The first kappa shape index (κ1) is 17.1. The maximum Gasteiger partial charge on any atom is 0.257 e. The molecule has 0 aliphatic heterocycles. The van der Waals surface area contributed by atoms with Crippen molar-refractivity contribution in [2.45, 2.75) is 51.2 Å². The van der Waals surface area contributed by atoms with Gasteiger partial charge < -0.3 is 14.7 Å². The lowest BCUT2D eigenvalue weighted by atomic mass is 10.1. The van der Waals surface area contributed by atoms with Crippen LogP contribution in [0.25, 0.3) is 0 Å². The van der Waals surface area contributed by atoms with Gasteiger partial charge in [0, 0.05) is 18.6 Å². The number of halogens is 1. The molecular weight excluding hydrogens is 302 g/mol. The van der Waals surface area contributed by atoms with Crippen molar-refractivity contribution in [1.82, 2.24) is 4.90 Å². The Morgan fingerprint density at radius 1 is 1.41 bits per heavy atom. The standard InChI is InChI=1S/C17H24ClNO3/c1-17(2,21)11-19(3)16(20)14-10-12(18)8-9-15(14)22-13-6-4-5-7-13/h8-10,13,21H,4-7,11H2,1-3H3. The molecule has 0 spiro atoms. The smallest absolute Gasteiger partial charge is 0.257 e. The van der Waals surface area contributed by atoms with E-state index < -0.39 is 5.60 Å². The fourth-order valence-corrected chi connectivity index (χ4v) is 2.99. The molecule has 1 aromatic carbocycles. The number of nitrogens with zero attached hydrogens (tertiary/aromatic N) is 1. The van der Waals surface area contributed by atoms with E-state index in [0.717, 1.165) is 12.8 Å². The van der Waals surface area contributed by atoms with Crippen molar-refractivity contribution in [2.75, 3.05) is 13.6 Å². The van der Waals surface area contributed by atoms with Crippen LogP contribution in [-0.2, 0) is 0 Å². The van der Waals surface area contributed by atoms with Gasteiger partial charge in [0.25, 0.3) is 5.91 Å². The normalized spacial score (nSPS) is 15.9. The van der Waals surface area contributed by atoms with E-state index in [4.69, 9.17) is 16.3 Å². The van der Waals surface area contributed by atoms with Gasteiger partial charge in [0.2, 0.25) is 0 Å². The predicted octanol–water partition coefficient (Wildman–Crippen LogP) is 3.50. The summed E-state index contributed by atoms with van der Waals surface area (Å²) in [5.41, 5.74) is -0.499. The Morgan fingerprint density at radius 2 is 2.05 bits per heavy atom. The molecule has 22 heavy (non-hydrogen) atoms. The summed E-state index contributed by atoms with van der Waals surface area (Å²) in [5, 5.41) is 10.4. The molecule has 4 nitrogen and oxygen atoms in total. The van der Waals surface area contributed by atoms with E-state index in [1.807, 2.05) is 0 Å². The van der Waals surface area contributed by atoms with Crippen LogP contribution in [0.4, 0.5) is 0 Å². The molecule has 0 unspecified atom stereocenters. The number of ether oxygens (including phenoxy) is 1. The Labute approximate surface area is 137 Å². The molecule has 0 saturated heterocycles. The van der Waals surface area contributed by atoms with Crippen LogP contribution < -0.4 is 4.74 Å². The number of amides is 1. The molecule has 1 aliphatic carbocycles. The van der Waals surface area contributed by atoms with Crippen molar-refractivity contribution in [3.8, 4) is 5.75 Å². The molecule has 0 aromatic heterocycles. The Morgan fingerprint density at radius 3 is 2.64 bits per heavy atom. The first-order valence-electron chi connectivity index (χ1n) is 7.70. The van der Waals surface area contributed by atoms with E-state index in [2.05, 4.69) is 0 Å². The fourth-order valence-electron chi connectivity index (χ4n) is 2.82. The van der Waals surface area contributed by atoms with E-state index in [0.29, 0.717) is 16.3 Å². The highest BCUT2D eigenvalue weighted by Gasteiger charge is 2.25. The summed E-state index contributed by atoms with van der Waals surface area (Å²) < 4.78 is 5.99. The molecule has 1 aliphatic rings. The highest BCUT2D eigenvalue weighted by atomic mass is 35.5. The zero-order valence-corrected chi connectivity index (χ0v) is 14.2. The molecule has 0 radical (unpaired) electrons. The van der Waals surface area contributed by atoms with E-state index in [9.17, 15) is 9.90 Å². The molecule has 1 fully saturated rings. The second-order valence-corrected chi connectivity index (χ2v) is 7.07. The van der Waals surface area contributed by atoms with E-state index in [-0.39, 0.29) is 18.6 Å². The van der Waals surface area contributed by atoms with Crippen molar-refractivity contribution < 1.29 is 14.6 Å². The van der Waals surface area contributed by atoms with Gasteiger partial charge in [0.1, 0.15) is 5.75 Å². The summed E-state index contributed by atoms with van der Waals surface area (Å²) in [5.74, 6) is 0.376. The maximum atomic E-state index is 12.6. The van der Waals surface area contributed by atoms with Gasteiger partial charge in [-0.05, 0) is 57.7 Å². The molecule has 0 heterocycles. The molecule has 2 rings (SSSR count). The third kappa shape index (κ3) is 4.62. The van der Waals surface area contributed by atoms with Gasteiger partial charge in [0.05, 0.1) is 17.3 Å². The van der Waals surface area contributed by atoms with Crippen molar-refractivity contribution in [3.05, 3.63) is 28.8 Å².